The first-order valence-electron chi connectivity index (χ1n) is 4.94. The van der Waals surface area contributed by atoms with Gasteiger partial charge in [-0.05, 0) is 68.9 Å². The van der Waals surface area contributed by atoms with Gasteiger partial charge in [-0.2, -0.15) is 0 Å². The second-order valence-corrected chi connectivity index (χ2v) is 6.01. The molecular weight excluding hydrogens is 433 g/mol. The molecule has 0 aromatic heterocycles. The number of rotatable bonds is 2. The van der Waals surface area contributed by atoms with Crippen molar-refractivity contribution in [3.05, 3.63) is 66.4 Å². The number of carbonyl (C=O) groups excluding carboxylic acids is 1. The minimum absolute atomic E-state index is 0.0320. The third-order valence-electron chi connectivity index (χ3n) is 2.37. The Morgan fingerprint density at radius 2 is 1.94 bits per heavy atom. The Morgan fingerprint density at radius 1 is 1.22 bits per heavy atom. The summed E-state index contributed by atoms with van der Waals surface area (Å²) in [6.07, 6.45) is 0. The molecule has 0 amide bonds. The van der Waals surface area contributed by atoms with Gasteiger partial charge in [-0.1, -0.05) is 17.7 Å². The molecule has 92 valence electrons. The SMILES string of the molecule is O=C(c1cc(Cl)ccc1I)c1cccc(Br)c1F. The monoisotopic (exact) mass is 438 g/mol. The Balaban J connectivity index is 2.55. The number of hydrogen-bond acceptors (Lipinski definition) is 1. The van der Waals surface area contributed by atoms with Crippen molar-refractivity contribution in [2.75, 3.05) is 0 Å². The van der Waals surface area contributed by atoms with E-state index in [1.165, 1.54) is 6.07 Å². The number of carbonyl (C=O) groups is 1. The highest BCUT2D eigenvalue weighted by atomic mass is 127. The maximum absolute atomic E-state index is 13.9. The zero-order valence-corrected chi connectivity index (χ0v) is 13.4. The Labute approximate surface area is 131 Å². The molecular formula is C13H6BrClFIO. The Bertz CT molecular complexity index is 626. The fourth-order valence-corrected chi connectivity index (χ4v) is 2.61. The molecule has 0 radical (unpaired) electrons. The Kier molecular flexibility index (Phi) is 4.40. The summed E-state index contributed by atoms with van der Waals surface area (Å²) < 4.78 is 14.9. The summed E-state index contributed by atoms with van der Waals surface area (Å²) in [7, 11) is 0. The molecule has 0 fully saturated rings. The average molecular weight is 439 g/mol. The molecule has 18 heavy (non-hydrogen) atoms. The van der Waals surface area contributed by atoms with Crippen LogP contribution in [0.5, 0.6) is 0 Å². The van der Waals surface area contributed by atoms with E-state index in [4.69, 9.17) is 11.6 Å². The van der Waals surface area contributed by atoms with E-state index < -0.39 is 5.82 Å². The lowest BCUT2D eigenvalue weighted by atomic mass is 10.0. The predicted octanol–water partition coefficient (Wildman–Crippen LogP) is 5.08. The van der Waals surface area contributed by atoms with Gasteiger partial charge in [0, 0.05) is 14.2 Å². The fraction of sp³-hybridized carbons (Fsp3) is 0. The zero-order chi connectivity index (χ0) is 13.3. The second kappa shape index (κ2) is 5.67. The van der Waals surface area contributed by atoms with Crippen molar-refractivity contribution in [3.63, 3.8) is 0 Å². The van der Waals surface area contributed by atoms with Gasteiger partial charge < -0.3 is 0 Å². The van der Waals surface area contributed by atoms with Gasteiger partial charge in [0.05, 0.1) is 10.0 Å². The molecule has 0 N–H and O–H groups in total. The van der Waals surface area contributed by atoms with Crippen LogP contribution in [0.25, 0.3) is 0 Å². The van der Waals surface area contributed by atoms with Crippen molar-refractivity contribution >= 4 is 55.9 Å². The fourth-order valence-electron chi connectivity index (χ4n) is 1.50. The summed E-state index contributed by atoms with van der Waals surface area (Å²) in [5.74, 6) is -0.932. The van der Waals surface area contributed by atoms with E-state index in [1.54, 1.807) is 30.3 Å². The van der Waals surface area contributed by atoms with Gasteiger partial charge in [0.2, 0.25) is 0 Å². The summed E-state index contributed by atoms with van der Waals surface area (Å²) in [5, 5.41) is 0.453. The normalized spacial score (nSPS) is 10.4. The quantitative estimate of drug-likeness (QED) is 0.471. The molecule has 0 heterocycles. The lowest BCUT2D eigenvalue weighted by Crippen LogP contribution is -2.06. The molecule has 0 saturated carbocycles. The van der Waals surface area contributed by atoms with E-state index >= 15 is 0 Å². The van der Waals surface area contributed by atoms with Gasteiger partial charge in [0.1, 0.15) is 5.82 Å². The molecule has 0 aliphatic heterocycles. The molecule has 0 aliphatic carbocycles. The number of hydrogen-bond donors (Lipinski definition) is 0. The third kappa shape index (κ3) is 2.75. The van der Waals surface area contributed by atoms with E-state index in [1.807, 2.05) is 22.6 Å². The van der Waals surface area contributed by atoms with Gasteiger partial charge in [0.25, 0.3) is 0 Å². The number of halogens is 4. The minimum Gasteiger partial charge on any atom is -0.288 e. The molecule has 0 saturated heterocycles. The topological polar surface area (TPSA) is 17.1 Å². The van der Waals surface area contributed by atoms with Crippen molar-refractivity contribution in [2.45, 2.75) is 0 Å². The molecule has 0 bridgehead atoms. The van der Waals surface area contributed by atoms with Crippen LogP contribution in [0.1, 0.15) is 15.9 Å². The summed E-state index contributed by atoms with van der Waals surface area (Å²) >= 11 is 11.0. The van der Waals surface area contributed by atoms with Gasteiger partial charge in [-0.15, -0.1) is 0 Å². The largest absolute Gasteiger partial charge is 0.288 e. The van der Waals surface area contributed by atoms with Crippen LogP contribution in [0.4, 0.5) is 4.39 Å². The van der Waals surface area contributed by atoms with Gasteiger partial charge in [-0.3, -0.25) is 4.79 Å². The standard InChI is InChI=1S/C13H6BrClFIO/c14-10-3-1-2-8(12(10)16)13(18)9-6-7(15)4-5-11(9)17/h1-6H. The van der Waals surface area contributed by atoms with Crippen LogP contribution in [0.3, 0.4) is 0 Å². The van der Waals surface area contributed by atoms with Crippen LogP contribution in [0.2, 0.25) is 5.02 Å². The van der Waals surface area contributed by atoms with E-state index in [9.17, 15) is 9.18 Å². The zero-order valence-electron chi connectivity index (χ0n) is 8.88. The van der Waals surface area contributed by atoms with Crippen molar-refractivity contribution in [1.29, 1.82) is 0 Å². The average Bonchev–Trinajstić information content (AvgIpc) is 2.35. The minimum atomic E-state index is -0.557. The Hall–Kier alpha value is -0.460. The van der Waals surface area contributed by atoms with Crippen molar-refractivity contribution < 1.29 is 9.18 Å². The van der Waals surface area contributed by atoms with Crippen LogP contribution in [0.15, 0.2) is 40.9 Å². The third-order valence-corrected chi connectivity index (χ3v) is 4.16. The van der Waals surface area contributed by atoms with Crippen molar-refractivity contribution in [1.82, 2.24) is 0 Å². The summed E-state index contributed by atoms with van der Waals surface area (Å²) in [5.41, 5.74) is 0.435. The van der Waals surface area contributed by atoms with Crippen LogP contribution in [-0.4, -0.2) is 5.78 Å². The maximum Gasteiger partial charge on any atom is 0.197 e. The van der Waals surface area contributed by atoms with Gasteiger partial charge in [0.15, 0.2) is 5.78 Å². The molecule has 2 aromatic carbocycles. The highest BCUT2D eigenvalue weighted by Crippen LogP contribution is 2.25. The van der Waals surface area contributed by atoms with E-state index in [2.05, 4.69) is 15.9 Å². The molecule has 0 spiro atoms. The molecule has 1 nitrogen and oxygen atoms in total. The Morgan fingerprint density at radius 3 is 2.67 bits per heavy atom. The predicted molar refractivity (Wildman–Crippen MR) is 81.7 cm³/mol. The van der Waals surface area contributed by atoms with Crippen LogP contribution in [0, 0.1) is 9.39 Å². The van der Waals surface area contributed by atoms with Crippen LogP contribution in [-0.2, 0) is 0 Å². The first kappa shape index (κ1) is 14.0. The molecule has 5 heteroatoms. The lowest BCUT2D eigenvalue weighted by Gasteiger charge is -2.06. The molecule has 2 rings (SSSR count). The first-order valence-corrected chi connectivity index (χ1v) is 7.19. The summed E-state index contributed by atoms with van der Waals surface area (Å²) in [6, 6.07) is 9.60. The van der Waals surface area contributed by atoms with Crippen molar-refractivity contribution in [3.8, 4) is 0 Å². The lowest BCUT2D eigenvalue weighted by molar-refractivity contribution is 0.103. The molecule has 2 aromatic rings. The second-order valence-electron chi connectivity index (χ2n) is 3.55. The van der Waals surface area contributed by atoms with E-state index in [0.717, 1.165) is 3.57 Å². The summed E-state index contributed by atoms with van der Waals surface area (Å²) in [6.45, 7) is 0. The van der Waals surface area contributed by atoms with Crippen LogP contribution < -0.4 is 0 Å². The number of ketones is 1. The first-order chi connectivity index (χ1) is 8.50. The summed E-state index contributed by atoms with van der Waals surface area (Å²) in [4.78, 5) is 12.3. The van der Waals surface area contributed by atoms with Gasteiger partial charge in [-0.25, -0.2) is 4.39 Å². The van der Waals surface area contributed by atoms with Gasteiger partial charge >= 0.3 is 0 Å². The highest BCUT2D eigenvalue weighted by molar-refractivity contribution is 14.1. The molecule has 0 aliphatic rings. The van der Waals surface area contributed by atoms with E-state index in [0.29, 0.717) is 10.6 Å². The van der Waals surface area contributed by atoms with Crippen molar-refractivity contribution in [2.24, 2.45) is 0 Å². The van der Waals surface area contributed by atoms with E-state index in [-0.39, 0.29) is 15.8 Å². The molecule has 0 atom stereocenters. The number of benzene rings is 2. The smallest absolute Gasteiger partial charge is 0.197 e. The highest BCUT2D eigenvalue weighted by Gasteiger charge is 2.18. The molecule has 0 unspecified atom stereocenters. The maximum atomic E-state index is 13.9. The van der Waals surface area contributed by atoms with Crippen LogP contribution >= 0.6 is 50.1 Å².